The molecule has 1 aromatic rings. The maximum atomic E-state index is 11.8. The molecule has 118 valence electrons. The van der Waals surface area contributed by atoms with Gasteiger partial charge in [0.25, 0.3) is 0 Å². The number of carbonyl (C=O) groups is 2. The highest BCUT2D eigenvalue weighted by molar-refractivity contribution is 7.16. The van der Waals surface area contributed by atoms with Crippen LogP contribution in [0.3, 0.4) is 0 Å². The number of aryl methyl sites for hydroxylation is 1. The number of nitriles is 1. The molecule has 0 atom stereocenters. The molecule has 0 radical (unpaired) electrons. The molecule has 0 saturated carbocycles. The van der Waals surface area contributed by atoms with Gasteiger partial charge in [0.15, 0.2) is 5.57 Å². The van der Waals surface area contributed by atoms with Gasteiger partial charge in [0.05, 0.1) is 5.56 Å². The first kappa shape index (κ1) is 17.7. The number of aromatic carboxylic acids is 1. The van der Waals surface area contributed by atoms with Crippen molar-refractivity contribution in [2.45, 2.75) is 40.2 Å². The van der Waals surface area contributed by atoms with Gasteiger partial charge in [-0.2, -0.15) is 5.26 Å². The van der Waals surface area contributed by atoms with Crippen molar-refractivity contribution in [2.24, 2.45) is 0 Å². The molecule has 0 unspecified atom stereocenters. The van der Waals surface area contributed by atoms with Crippen LogP contribution >= 0.6 is 11.3 Å². The minimum Gasteiger partial charge on any atom is -0.478 e. The molecule has 0 bridgehead atoms. The summed E-state index contributed by atoms with van der Waals surface area (Å²) in [6.45, 7) is 8.61. The predicted octanol–water partition coefficient (Wildman–Crippen LogP) is 3.22. The number of ether oxygens (including phenoxy) is 1. The molecule has 0 aromatic carbocycles. The second-order valence-corrected chi connectivity index (χ2v) is 6.83. The summed E-state index contributed by atoms with van der Waals surface area (Å²) >= 11 is 1.25. The normalized spacial score (nSPS) is 11.7. The van der Waals surface area contributed by atoms with Crippen molar-refractivity contribution in [1.29, 1.82) is 5.26 Å². The van der Waals surface area contributed by atoms with Gasteiger partial charge in [0.2, 0.25) is 0 Å². The molecule has 0 saturated heterocycles. The Kier molecular flexibility index (Phi) is 5.33. The summed E-state index contributed by atoms with van der Waals surface area (Å²) in [5, 5.41) is 21.4. The van der Waals surface area contributed by atoms with E-state index < -0.39 is 17.5 Å². The molecule has 0 amide bonds. The molecule has 0 aliphatic rings. The molecule has 0 spiro atoms. The smallest absolute Gasteiger partial charge is 0.350 e. The Balaban J connectivity index is 3.05. The van der Waals surface area contributed by atoms with E-state index in [9.17, 15) is 14.7 Å². The van der Waals surface area contributed by atoms with Crippen LogP contribution < -0.4 is 5.32 Å². The highest BCUT2D eigenvalue weighted by Crippen LogP contribution is 2.32. The van der Waals surface area contributed by atoms with Gasteiger partial charge in [0.1, 0.15) is 16.7 Å². The number of carboxylic acids is 1. The second-order valence-electron chi connectivity index (χ2n) is 5.61. The fourth-order valence-electron chi connectivity index (χ4n) is 1.59. The average molecular weight is 322 g/mol. The van der Waals surface area contributed by atoms with Crippen LogP contribution in [0.15, 0.2) is 11.8 Å². The van der Waals surface area contributed by atoms with Gasteiger partial charge in [-0.1, -0.05) is 0 Å². The van der Waals surface area contributed by atoms with Crippen molar-refractivity contribution < 1.29 is 19.4 Å². The van der Waals surface area contributed by atoms with Gasteiger partial charge in [-0.3, -0.25) is 0 Å². The van der Waals surface area contributed by atoms with Gasteiger partial charge in [-0.25, -0.2) is 9.59 Å². The predicted molar refractivity (Wildman–Crippen MR) is 83.9 cm³/mol. The summed E-state index contributed by atoms with van der Waals surface area (Å²) in [5.41, 5.74) is -0.144. The van der Waals surface area contributed by atoms with E-state index in [1.165, 1.54) is 17.5 Å². The summed E-state index contributed by atoms with van der Waals surface area (Å²) in [6, 6.07) is 1.75. The molecule has 0 fully saturated rings. The van der Waals surface area contributed by atoms with Crippen molar-refractivity contribution in [3.8, 4) is 6.07 Å². The Morgan fingerprint density at radius 3 is 2.41 bits per heavy atom. The van der Waals surface area contributed by atoms with Gasteiger partial charge in [-0.05, 0) is 40.2 Å². The number of esters is 1. The first-order valence-electron chi connectivity index (χ1n) is 6.50. The summed E-state index contributed by atoms with van der Waals surface area (Å²) in [5.74, 6) is -1.82. The van der Waals surface area contributed by atoms with Crippen LogP contribution in [0.2, 0.25) is 0 Å². The van der Waals surface area contributed by atoms with E-state index in [2.05, 4.69) is 5.32 Å². The number of carboxylic acid groups (broad SMARTS) is 1. The number of rotatable bonds is 4. The van der Waals surface area contributed by atoms with E-state index in [1.54, 1.807) is 40.7 Å². The third-order valence-electron chi connectivity index (χ3n) is 2.69. The molecule has 0 aliphatic heterocycles. The van der Waals surface area contributed by atoms with Crippen LogP contribution in [0.5, 0.6) is 0 Å². The Labute approximate surface area is 133 Å². The highest BCUT2D eigenvalue weighted by Gasteiger charge is 2.21. The zero-order chi connectivity index (χ0) is 17.1. The van der Waals surface area contributed by atoms with Gasteiger partial charge in [0, 0.05) is 11.1 Å². The van der Waals surface area contributed by atoms with Crippen molar-refractivity contribution >= 4 is 28.3 Å². The Bertz CT molecular complexity index is 675. The number of hydrogen-bond donors (Lipinski definition) is 2. The Morgan fingerprint density at radius 1 is 1.36 bits per heavy atom. The molecule has 2 N–H and O–H groups in total. The quantitative estimate of drug-likeness (QED) is 0.501. The summed E-state index contributed by atoms with van der Waals surface area (Å²) in [4.78, 5) is 24.0. The second kappa shape index (κ2) is 6.62. The molecule has 0 aliphatic carbocycles. The summed E-state index contributed by atoms with van der Waals surface area (Å²) in [7, 11) is 0. The van der Waals surface area contributed by atoms with Gasteiger partial charge >= 0.3 is 11.9 Å². The number of nitrogens with one attached hydrogen (secondary N) is 1. The molecule has 6 nitrogen and oxygen atoms in total. The lowest BCUT2D eigenvalue weighted by atomic mass is 10.1. The van der Waals surface area contributed by atoms with E-state index in [0.717, 1.165) is 4.88 Å². The minimum atomic E-state index is -1.06. The van der Waals surface area contributed by atoms with E-state index in [0.29, 0.717) is 10.6 Å². The molecule has 7 heteroatoms. The number of thiophene rings is 1. The topological polar surface area (TPSA) is 99.4 Å². The molecule has 1 heterocycles. The number of hydrogen-bond acceptors (Lipinski definition) is 6. The van der Waals surface area contributed by atoms with E-state index in [-0.39, 0.29) is 11.1 Å². The Hall–Kier alpha value is -2.33. The first-order chi connectivity index (χ1) is 10.1. The lowest BCUT2D eigenvalue weighted by Gasteiger charge is -2.18. The maximum absolute atomic E-state index is 11.8. The van der Waals surface area contributed by atoms with Gasteiger partial charge in [-0.15, -0.1) is 11.3 Å². The minimum absolute atomic E-state index is 0.139. The van der Waals surface area contributed by atoms with Crippen LogP contribution in [0, 0.1) is 25.2 Å². The van der Waals surface area contributed by atoms with Crippen LogP contribution in [-0.2, 0) is 9.53 Å². The van der Waals surface area contributed by atoms with Crippen molar-refractivity contribution in [2.75, 3.05) is 5.32 Å². The average Bonchev–Trinajstić information content (AvgIpc) is 2.63. The van der Waals surface area contributed by atoms with E-state index >= 15 is 0 Å². The van der Waals surface area contributed by atoms with Crippen LogP contribution in [0.1, 0.15) is 41.6 Å². The van der Waals surface area contributed by atoms with Crippen molar-refractivity contribution in [1.82, 2.24) is 0 Å². The molecular weight excluding hydrogens is 304 g/mol. The Morgan fingerprint density at radius 2 is 1.95 bits per heavy atom. The standard InChI is InChI=1S/C15H18N2O4S/c1-8-9(2)22-12(11(8)13(18)19)17-7-10(6-16)14(20)21-15(3,4)5/h7,17H,1-5H3,(H,18,19). The maximum Gasteiger partial charge on any atom is 0.350 e. The summed E-state index contributed by atoms with van der Waals surface area (Å²) in [6.07, 6.45) is 1.17. The molecule has 22 heavy (non-hydrogen) atoms. The number of nitrogens with zero attached hydrogens (tertiary/aromatic N) is 1. The first-order valence-corrected chi connectivity index (χ1v) is 7.32. The highest BCUT2D eigenvalue weighted by atomic mass is 32.1. The summed E-state index contributed by atoms with van der Waals surface area (Å²) < 4.78 is 5.10. The molecule has 1 rings (SSSR count). The van der Waals surface area contributed by atoms with E-state index in [1.807, 2.05) is 0 Å². The van der Waals surface area contributed by atoms with Crippen LogP contribution in [0.25, 0.3) is 0 Å². The third kappa shape index (κ3) is 4.33. The van der Waals surface area contributed by atoms with Crippen LogP contribution in [0.4, 0.5) is 5.00 Å². The third-order valence-corrected chi connectivity index (χ3v) is 3.82. The zero-order valence-electron chi connectivity index (χ0n) is 13.1. The van der Waals surface area contributed by atoms with Crippen LogP contribution in [-0.4, -0.2) is 22.6 Å². The molecular formula is C15H18N2O4S. The number of carbonyl (C=O) groups excluding carboxylic acids is 1. The molecule has 1 aromatic heterocycles. The SMILES string of the molecule is Cc1sc(NC=C(C#N)C(=O)OC(C)(C)C)c(C(=O)O)c1C. The van der Waals surface area contributed by atoms with E-state index in [4.69, 9.17) is 10.00 Å². The monoisotopic (exact) mass is 322 g/mol. The van der Waals surface area contributed by atoms with Crippen molar-refractivity contribution in [3.05, 3.63) is 27.8 Å². The van der Waals surface area contributed by atoms with Crippen molar-refractivity contribution in [3.63, 3.8) is 0 Å². The number of anilines is 1. The fourth-order valence-corrected chi connectivity index (χ4v) is 2.62. The lowest BCUT2D eigenvalue weighted by Crippen LogP contribution is -2.24. The zero-order valence-corrected chi connectivity index (χ0v) is 13.9. The fraction of sp³-hybridized carbons (Fsp3) is 0.400. The van der Waals surface area contributed by atoms with Gasteiger partial charge < -0.3 is 15.2 Å². The largest absolute Gasteiger partial charge is 0.478 e. The lowest BCUT2D eigenvalue weighted by molar-refractivity contribution is -0.149.